The van der Waals surface area contributed by atoms with Gasteiger partial charge >= 0.3 is 0 Å². The SMILES string of the molecule is Cc1ccc(CNC(C)CNCC(C)C)s1. The van der Waals surface area contributed by atoms with Crippen LogP contribution in [-0.2, 0) is 6.54 Å². The third kappa shape index (κ3) is 5.64. The summed E-state index contributed by atoms with van der Waals surface area (Å²) in [5.41, 5.74) is 0. The second kappa shape index (κ2) is 7.05. The van der Waals surface area contributed by atoms with E-state index >= 15 is 0 Å². The fourth-order valence-corrected chi connectivity index (χ4v) is 2.36. The van der Waals surface area contributed by atoms with Crippen LogP contribution >= 0.6 is 11.3 Å². The Bertz CT molecular complexity index is 294. The summed E-state index contributed by atoms with van der Waals surface area (Å²) < 4.78 is 0. The Hall–Kier alpha value is -0.380. The highest BCUT2D eigenvalue weighted by Gasteiger charge is 2.02. The molecular weight excluding hydrogens is 216 g/mol. The molecule has 0 amide bonds. The molecule has 0 saturated heterocycles. The van der Waals surface area contributed by atoms with Gasteiger partial charge in [-0.25, -0.2) is 0 Å². The molecule has 1 heterocycles. The van der Waals surface area contributed by atoms with Crippen LogP contribution in [0.15, 0.2) is 12.1 Å². The molecule has 92 valence electrons. The third-order valence-electron chi connectivity index (χ3n) is 2.42. The molecule has 16 heavy (non-hydrogen) atoms. The summed E-state index contributed by atoms with van der Waals surface area (Å²) in [6, 6.07) is 4.92. The number of thiophene rings is 1. The topological polar surface area (TPSA) is 24.1 Å². The Kier molecular flexibility index (Phi) is 6.03. The van der Waals surface area contributed by atoms with Gasteiger partial charge in [-0.2, -0.15) is 0 Å². The highest BCUT2D eigenvalue weighted by atomic mass is 32.1. The van der Waals surface area contributed by atoms with Crippen LogP contribution in [0.1, 0.15) is 30.5 Å². The molecule has 1 aromatic rings. The molecule has 0 radical (unpaired) electrons. The highest BCUT2D eigenvalue weighted by molar-refractivity contribution is 7.11. The van der Waals surface area contributed by atoms with Crippen molar-refractivity contribution >= 4 is 11.3 Å². The van der Waals surface area contributed by atoms with Crippen molar-refractivity contribution < 1.29 is 0 Å². The van der Waals surface area contributed by atoms with Crippen LogP contribution in [0.4, 0.5) is 0 Å². The summed E-state index contributed by atoms with van der Waals surface area (Å²) in [7, 11) is 0. The van der Waals surface area contributed by atoms with E-state index in [4.69, 9.17) is 0 Å². The molecule has 0 spiro atoms. The second-order valence-corrected chi connectivity index (χ2v) is 6.22. The smallest absolute Gasteiger partial charge is 0.0302 e. The van der Waals surface area contributed by atoms with Crippen LogP contribution in [0.2, 0.25) is 0 Å². The maximum absolute atomic E-state index is 3.53. The van der Waals surface area contributed by atoms with Crippen LogP contribution in [0.5, 0.6) is 0 Å². The summed E-state index contributed by atoms with van der Waals surface area (Å²) in [6.45, 7) is 12.0. The third-order valence-corrected chi connectivity index (χ3v) is 3.42. The van der Waals surface area contributed by atoms with E-state index in [2.05, 4.69) is 50.5 Å². The van der Waals surface area contributed by atoms with Crippen molar-refractivity contribution in [2.75, 3.05) is 13.1 Å². The fourth-order valence-electron chi connectivity index (χ4n) is 1.52. The van der Waals surface area contributed by atoms with E-state index < -0.39 is 0 Å². The van der Waals surface area contributed by atoms with Crippen LogP contribution in [0.25, 0.3) is 0 Å². The summed E-state index contributed by atoms with van der Waals surface area (Å²) in [6.07, 6.45) is 0. The minimum absolute atomic E-state index is 0.529. The lowest BCUT2D eigenvalue weighted by Crippen LogP contribution is -2.37. The van der Waals surface area contributed by atoms with E-state index in [0.717, 1.165) is 25.6 Å². The fraction of sp³-hybridized carbons (Fsp3) is 0.692. The van der Waals surface area contributed by atoms with Gasteiger partial charge in [0, 0.05) is 28.9 Å². The summed E-state index contributed by atoms with van der Waals surface area (Å²) in [4.78, 5) is 2.82. The monoisotopic (exact) mass is 240 g/mol. The Morgan fingerprint density at radius 3 is 2.50 bits per heavy atom. The lowest BCUT2D eigenvalue weighted by atomic mass is 10.2. The van der Waals surface area contributed by atoms with E-state index in [1.165, 1.54) is 9.75 Å². The van der Waals surface area contributed by atoms with Gasteiger partial charge in [-0.15, -0.1) is 11.3 Å². The Labute approximate surface area is 103 Å². The number of hydrogen-bond donors (Lipinski definition) is 2. The number of hydrogen-bond acceptors (Lipinski definition) is 3. The predicted octanol–water partition coefficient (Wildman–Crippen LogP) is 2.78. The van der Waals surface area contributed by atoms with Crippen molar-refractivity contribution in [1.29, 1.82) is 0 Å². The van der Waals surface area contributed by atoms with Crippen molar-refractivity contribution in [3.8, 4) is 0 Å². The molecule has 0 bridgehead atoms. The second-order valence-electron chi connectivity index (χ2n) is 4.85. The minimum Gasteiger partial charge on any atom is -0.315 e. The van der Waals surface area contributed by atoms with Crippen molar-refractivity contribution in [1.82, 2.24) is 10.6 Å². The van der Waals surface area contributed by atoms with E-state index in [9.17, 15) is 0 Å². The normalized spacial score (nSPS) is 13.3. The first-order chi connectivity index (χ1) is 7.58. The molecule has 1 aromatic heterocycles. The van der Waals surface area contributed by atoms with Gasteiger partial charge in [0.25, 0.3) is 0 Å². The van der Waals surface area contributed by atoms with E-state index in [-0.39, 0.29) is 0 Å². The molecule has 1 atom stereocenters. The molecule has 0 aliphatic rings. The molecule has 1 rings (SSSR count). The average Bonchev–Trinajstić information content (AvgIpc) is 2.61. The van der Waals surface area contributed by atoms with Gasteiger partial charge in [-0.05, 0) is 38.4 Å². The van der Waals surface area contributed by atoms with Crippen LogP contribution in [-0.4, -0.2) is 19.1 Å². The van der Waals surface area contributed by atoms with E-state index in [1.54, 1.807) is 0 Å². The quantitative estimate of drug-likeness (QED) is 0.766. The largest absolute Gasteiger partial charge is 0.315 e. The van der Waals surface area contributed by atoms with Crippen LogP contribution < -0.4 is 10.6 Å². The average molecular weight is 240 g/mol. The van der Waals surface area contributed by atoms with Crippen LogP contribution in [0.3, 0.4) is 0 Å². The summed E-state index contributed by atoms with van der Waals surface area (Å²) in [5.74, 6) is 0.729. The summed E-state index contributed by atoms with van der Waals surface area (Å²) >= 11 is 1.88. The minimum atomic E-state index is 0.529. The molecule has 3 heteroatoms. The van der Waals surface area contributed by atoms with Crippen molar-refractivity contribution in [3.05, 3.63) is 21.9 Å². The molecular formula is C13H24N2S. The van der Waals surface area contributed by atoms with Crippen molar-refractivity contribution in [2.45, 2.75) is 40.3 Å². The maximum Gasteiger partial charge on any atom is 0.0302 e. The van der Waals surface area contributed by atoms with E-state index in [1.807, 2.05) is 11.3 Å². The Morgan fingerprint density at radius 1 is 1.19 bits per heavy atom. The van der Waals surface area contributed by atoms with Gasteiger partial charge in [-0.1, -0.05) is 13.8 Å². The Morgan fingerprint density at radius 2 is 1.94 bits per heavy atom. The molecule has 0 saturated carbocycles. The lowest BCUT2D eigenvalue weighted by molar-refractivity contribution is 0.473. The molecule has 0 aromatic carbocycles. The zero-order chi connectivity index (χ0) is 12.0. The lowest BCUT2D eigenvalue weighted by Gasteiger charge is -2.15. The summed E-state index contributed by atoms with van der Waals surface area (Å²) in [5, 5.41) is 7.00. The molecule has 1 unspecified atom stereocenters. The van der Waals surface area contributed by atoms with Crippen molar-refractivity contribution in [2.24, 2.45) is 5.92 Å². The number of aryl methyl sites for hydroxylation is 1. The molecule has 0 aliphatic carbocycles. The number of nitrogens with one attached hydrogen (secondary N) is 2. The zero-order valence-corrected chi connectivity index (χ0v) is 11.7. The first kappa shape index (κ1) is 13.7. The van der Waals surface area contributed by atoms with Gasteiger partial charge < -0.3 is 10.6 Å². The predicted molar refractivity (Wildman–Crippen MR) is 73.1 cm³/mol. The standard InChI is InChI=1S/C13H24N2S/c1-10(2)7-14-8-11(3)15-9-13-6-5-12(4)16-13/h5-6,10-11,14-15H,7-9H2,1-4H3. The van der Waals surface area contributed by atoms with Gasteiger partial charge in [0.05, 0.1) is 0 Å². The highest BCUT2D eigenvalue weighted by Crippen LogP contribution is 2.14. The first-order valence-electron chi connectivity index (χ1n) is 6.07. The number of rotatable bonds is 7. The van der Waals surface area contributed by atoms with Gasteiger partial charge in [0.15, 0.2) is 0 Å². The maximum atomic E-state index is 3.53. The van der Waals surface area contributed by atoms with Crippen LogP contribution in [0, 0.1) is 12.8 Å². The molecule has 2 nitrogen and oxygen atoms in total. The zero-order valence-electron chi connectivity index (χ0n) is 10.8. The molecule has 0 fully saturated rings. The molecule has 2 N–H and O–H groups in total. The molecule has 0 aliphatic heterocycles. The van der Waals surface area contributed by atoms with Gasteiger partial charge in [0.1, 0.15) is 0 Å². The van der Waals surface area contributed by atoms with Gasteiger partial charge in [-0.3, -0.25) is 0 Å². The van der Waals surface area contributed by atoms with E-state index in [0.29, 0.717) is 6.04 Å². The van der Waals surface area contributed by atoms with Gasteiger partial charge in [0.2, 0.25) is 0 Å². The van der Waals surface area contributed by atoms with Crippen molar-refractivity contribution in [3.63, 3.8) is 0 Å². The first-order valence-corrected chi connectivity index (χ1v) is 6.89. The Balaban J connectivity index is 2.12.